The van der Waals surface area contributed by atoms with Crippen LogP contribution in [0.1, 0.15) is 92.8 Å². The molecule has 0 amide bonds. The van der Waals surface area contributed by atoms with Gasteiger partial charge in [0.25, 0.3) is 0 Å². The summed E-state index contributed by atoms with van der Waals surface area (Å²) in [5.41, 5.74) is 5.72. The summed E-state index contributed by atoms with van der Waals surface area (Å²) in [7, 11) is 0. The molecule has 0 saturated carbocycles. The van der Waals surface area contributed by atoms with Gasteiger partial charge in [0.15, 0.2) is 0 Å². The number of ether oxygens (including phenoxy) is 2. The standard InChI is InChI=1S/C41H39NO4Se/c1-39(2,3)45-34-23-33(42-31-15-11-9-13-29(31)41(7,8)30-14-10-12-16-32(30)42)35(46-40(4,5)6)21-25(34)20-28-37(43)26-19-24-17-18-47-36(24)22-27(26)38(28)44/h9-23H,1-8H3/b28-20-. The van der Waals surface area contributed by atoms with E-state index < -0.39 is 11.2 Å². The van der Waals surface area contributed by atoms with E-state index in [0.29, 0.717) is 28.2 Å². The summed E-state index contributed by atoms with van der Waals surface area (Å²) in [6.45, 7) is 16.6. The van der Waals surface area contributed by atoms with Gasteiger partial charge in [-0.05, 0) is 23.3 Å². The van der Waals surface area contributed by atoms with Gasteiger partial charge in [-0.15, -0.1) is 0 Å². The number of hydrogen-bond donors (Lipinski definition) is 0. The number of hydrogen-bond acceptors (Lipinski definition) is 5. The average molecular weight is 689 g/mol. The van der Waals surface area contributed by atoms with Gasteiger partial charge in [-0.3, -0.25) is 0 Å². The van der Waals surface area contributed by atoms with Crippen molar-refractivity contribution in [3.8, 4) is 11.5 Å². The fraction of sp³-hybridized carbons (Fsp3) is 0.268. The molecule has 0 spiro atoms. The zero-order valence-corrected chi connectivity index (χ0v) is 29.9. The molecule has 2 aliphatic rings. The molecule has 2 heterocycles. The molecule has 5 aromatic rings. The van der Waals surface area contributed by atoms with Crippen molar-refractivity contribution in [2.45, 2.75) is 72.0 Å². The van der Waals surface area contributed by atoms with Crippen molar-refractivity contribution in [2.75, 3.05) is 4.90 Å². The number of rotatable bonds is 4. The van der Waals surface area contributed by atoms with Crippen LogP contribution < -0.4 is 14.4 Å². The molecule has 4 aromatic carbocycles. The molecule has 5 nitrogen and oxygen atoms in total. The van der Waals surface area contributed by atoms with E-state index in [-0.39, 0.29) is 37.1 Å². The van der Waals surface area contributed by atoms with Crippen LogP contribution in [0.25, 0.3) is 15.7 Å². The molecule has 0 atom stereocenters. The van der Waals surface area contributed by atoms with E-state index in [1.165, 1.54) is 11.1 Å². The number of fused-ring (bicyclic) bond motifs is 4. The maximum atomic E-state index is 13.8. The third-order valence-corrected chi connectivity index (χ3v) is 10.5. The van der Waals surface area contributed by atoms with Crippen LogP contribution in [0, 0.1) is 0 Å². The molecule has 0 radical (unpaired) electrons. The van der Waals surface area contributed by atoms with Gasteiger partial charge in [-0.1, -0.05) is 50.2 Å². The minimum atomic E-state index is -0.557. The maximum absolute atomic E-state index is 13.8. The van der Waals surface area contributed by atoms with Crippen LogP contribution in [-0.4, -0.2) is 37.3 Å². The number of para-hydroxylation sites is 2. The van der Waals surface area contributed by atoms with Crippen molar-refractivity contribution in [1.82, 2.24) is 0 Å². The van der Waals surface area contributed by atoms with Crippen LogP contribution >= 0.6 is 0 Å². The predicted molar refractivity (Wildman–Crippen MR) is 192 cm³/mol. The molecule has 0 unspecified atom stereocenters. The molecule has 47 heavy (non-hydrogen) atoms. The van der Waals surface area contributed by atoms with Crippen molar-refractivity contribution in [1.29, 1.82) is 0 Å². The molecule has 0 saturated heterocycles. The molecule has 1 aromatic heterocycles. The molecule has 0 fully saturated rings. The first-order valence-electron chi connectivity index (χ1n) is 16.0. The Labute approximate surface area is 282 Å². The number of anilines is 3. The van der Waals surface area contributed by atoms with E-state index in [1.807, 2.05) is 71.9 Å². The molecule has 6 heteroatoms. The van der Waals surface area contributed by atoms with Gasteiger partial charge in [0.05, 0.1) is 0 Å². The van der Waals surface area contributed by atoms with Crippen molar-refractivity contribution < 1.29 is 19.1 Å². The second-order valence-corrected chi connectivity index (χ2v) is 16.8. The molecule has 7 rings (SSSR count). The third-order valence-electron chi connectivity index (χ3n) is 8.67. The zero-order chi connectivity index (χ0) is 33.5. The van der Waals surface area contributed by atoms with Crippen LogP contribution in [0.15, 0.2) is 89.4 Å². The van der Waals surface area contributed by atoms with Crippen molar-refractivity contribution in [2.24, 2.45) is 0 Å². The first kappa shape index (κ1) is 31.2. The van der Waals surface area contributed by atoms with E-state index in [2.05, 4.69) is 72.2 Å². The van der Waals surface area contributed by atoms with Crippen LogP contribution in [0.2, 0.25) is 0 Å². The normalized spacial score (nSPS) is 16.3. The van der Waals surface area contributed by atoms with Crippen LogP contribution in [-0.2, 0) is 5.41 Å². The number of carbonyl (C=O) groups is 2. The Bertz CT molecular complexity index is 2040. The Kier molecular flexibility index (Phi) is 7.20. The van der Waals surface area contributed by atoms with Crippen LogP contribution in [0.3, 0.4) is 0 Å². The van der Waals surface area contributed by atoms with Crippen LogP contribution in [0.4, 0.5) is 17.1 Å². The number of carbonyl (C=O) groups excluding carboxylic acids is 2. The van der Waals surface area contributed by atoms with Crippen molar-refractivity contribution >= 4 is 58.9 Å². The summed E-state index contributed by atoms with van der Waals surface area (Å²) in [5, 5.41) is 1.03. The second kappa shape index (κ2) is 10.8. The van der Waals surface area contributed by atoms with E-state index in [1.54, 1.807) is 6.08 Å². The Morgan fingerprint density at radius 2 is 1.23 bits per heavy atom. The van der Waals surface area contributed by atoms with Crippen molar-refractivity contribution in [3.63, 3.8) is 0 Å². The summed E-state index contributed by atoms with van der Waals surface area (Å²) in [6.07, 6.45) is 1.69. The minimum absolute atomic E-state index is 0.142. The summed E-state index contributed by atoms with van der Waals surface area (Å²) in [5.74, 6) is 0.676. The fourth-order valence-electron chi connectivity index (χ4n) is 6.68. The molecule has 0 bridgehead atoms. The first-order chi connectivity index (χ1) is 22.1. The topological polar surface area (TPSA) is 55.8 Å². The molecule has 1 aliphatic carbocycles. The number of benzene rings is 4. The Hall–Kier alpha value is -4.38. The van der Waals surface area contributed by atoms with Gasteiger partial charge in [-0.2, -0.15) is 0 Å². The fourth-order valence-corrected chi connectivity index (χ4v) is 8.38. The van der Waals surface area contributed by atoms with E-state index in [4.69, 9.17) is 9.47 Å². The number of allylic oxidation sites excluding steroid dienone is 1. The summed E-state index contributed by atoms with van der Waals surface area (Å²) < 4.78 is 14.5. The number of ketones is 2. The quantitative estimate of drug-likeness (QED) is 0.107. The second-order valence-electron chi connectivity index (χ2n) is 14.9. The summed E-state index contributed by atoms with van der Waals surface area (Å²) in [4.78, 5) is 31.9. The number of Topliss-reactive ketones (excluding diaryl/α,β-unsaturated/α-hetero) is 2. The molecule has 238 valence electrons. The summed E-state index contributed by atoms with van der Waals surface area (Å²) in [6, 6.07) is 26.7. The predicted octanol–water partition coefficient (Wildman–Crippen LogP) is 9.82. The van der Waals surface area contributed by atoms with Gasteiger partial charge in [0.2, 0.25) is 0 Å². The Morgan fingerprint density at radius 1 is 0.681 bits per heavy atom. The SMILES string of the molecule is CC(C)(C)Oc1cc(N2c3ccccc3C(C)(C)c3ccccc32)c(OC(C)(C)C)cc1/C=C1/C(=O)c2cc3cc[se]c3cc2C1=O. The van der Waals surface area contributed by atoms with Gasteiger partial charge in [0.1, 0.15) is 0 Å². The van der Waals surface area contributed by atoms with Crippen LogP contribution in [0.5, 0.6) is 11.5 Å². The van der Waals surface area contributed by atoms with E-state index in [9.17, 15) is 9.59 Å². The molecular weight excluding hydrogens is 649 g/mol. The Morgan fingerprint density at radius 3 is 1.83 bits per heavy atom. The zero-order valence-electron chi connectivity index (χ0n) is 28.1. The van der Waals surface area contributed by atoms with Gasteiger partial charge in [0, 0.05) is 5.41 Å². The molecule has 1 aliphatic heterocycles. The molecular formula is C41H39NO4Se. The number of nitrogens with zero attached hydrogens (tertiary/aromatic N) is 1. The molecule has 0 N–H and O–H groups in total. The van der Waals surface area contributed by atoms with E-state index >= 15 is 0 Å². The van der Waals surface area contributed by atoms with Gasteiger partial charge < -0.3 is 0 Å². The first-order valence-corrected chi connectivity index (χ1v) is 17.8. The van der Waals surface area contributed by atoms with Crippen molar-refractivity contribution in [3.05, 3.63) is 117 Å². The third kappa shape index (κ3) is 5.44. The summed E-state index contributed by atoms with van der Waals surface area (Å²) >= 11 is 0.170. The van der Waals surface area contributed by atoms with E-state index in [0.717, 1.165) is 26.7 Å². The average Bonchev–Trinajstić information content (AvgIpc) is 3.55. The van der Waals surface area contributed by atoms with Gasteiger partial charge in [-0.25, -0.2) is 0 Å². The Balaban J connectivity index is 1.47. The monoisotopic (exact) mass is 689 g/mol. The van der Waals surface area contributed by atoms with Gasteiger partial charge >= 0.3 is 205 Å².